The first kappa shape index (κ1) is 18.5. The Morgan fingerprint density at radius 1 is 0.750 bits per heavy atom. The second-order valence-corrected chi connectivity index (χ2v) is 7.54. The van der Waals surface area contributed by atoms with Gasteiger partial charge in [-0.15, -0.1) is 0 Å². The predicted molar refractivity (Wildman–Crippen MR) is 107 cm³/mol. The molecule has 4 rings (SSSR count). The third kappa shape index (κ3) is 4.19. The minimum Gasteiger partial charge on any atom is -0.457 e. The highest BCUT2D eigenvalue weighted by molar-refractivity contribution is 5.94. The lowest BCUT2D eigenvalue weighted by molar-refractivity contribution is -0.136. The van der Waals surface area contributed by atoms with E-state index in [1.165, 1.54) is 12.8 Å². The van der Waals surface area contributed by atoms with Crippen LogP contribution in [0.4, 0.5) is 0 Å². The van der Waals surface area contributed by atoms with E-state index in [-0.39, 0.29) is 17.7 Å². The summed E-state index contributed by atoms with van der Waals surface area (Å²) >= 11 is 0. The van der Waals surface area contributed by atoms with Crippen LogP contribution in [0, 0.1) is 5.92 Å². The number of hydrogen-bond acceptors (Lipinski definition) is 3. The topological polar surface area (TPSA) is 49.9 Å². The second-order valence-electron chi connectivity index (χ2n) is 7.54. The van der Waals surface area contributed by atoms with Crippen LogP contribution in [0.5, 0.6) is 11.5 Å². The second kappa shape index (κ2) is 8.46. The number of carbonyl (C=O) groups excluding carboxylic acids is 2. The molecule has 0 aromatic heterocycles. The SMILES string of the molecule is O=C(c1ccc(Oc2ccccc2)cc1)N1CCN(C(=O)C2CCCC2)CC1. The molecule has 2 aliphatic rings. The van der Waals surface area contributed by atoms with E-state index in [4.69, 9.17) is 4.74 Å². The molecule has 0 radical (unpaired) electrons. The summed E-state index contributed by atoms with van der Waals surface area (Å²) in [6.45, 7) is 2.46. The quantitative estimate of drug-likeness (QED) is 0.809. The molecule has 146 valence electrons. The smallest absolute Gasteiger partial charge is 0.253 e. The summed E-state index contributed by atoms with van der Waals surface area (Å²) in [5.74, 6) is 1.98. The first-order valence-corrected chi connectivity index (χ1v) is 10.1. The Bertz CT molecular complexity index is 806. The van der Waals surface area contributed by atoms with Crippen molar-refractivity contribution in [2.45, 2.75) is 25.7 Å². The predicted octanol–water partition coefficient (Wildman–Crippen LogP) is 3.95. The van der Waals surface area contributed by atoms with Crippen molar-refractivity contribution >= 4 is 11.8 Å². The summed E-state index contributed by atoms with van der Waals surface area (Å²) in [6, 6.07) is 16.8. The standard InChI is InChI=1S/C23H26N2O3/c26-22(18-6-4-5-7-18)24-14-16-25(17-15-24)23(27)19-10-12-21(13-11-19)28-20-8-2-1-3-9-20/h1-3,8-13,18H,4-7,14-17H2. The Kier molecular flexibility index (Phi) is 5.60. The summed E-state index contributed by atoms with van der Waals surface area (Å²) in [5, 5.41) is 0. The Balaban J connectivity index is 1.31. The normalized spacial score (nSPS) is 17.6. The number of nitrogens with zero attached hydrogens (tertiary/aromatic N) is 2. The van der Waals surface area contributed by atoms with Gasteiger partial charge in [-0.2, -0.15) is 0 Å². The van der Waals surface area contributed by atoms with Gasteiger partial charge in [-0.1, -0.05) is 31.0 Å². The van der Waals surface area contributed by atoms with Gasteiger partial charge in [-0.25, -0.2) is 0 Å². The number of ether oxygens (including phenoxy) is 1. The molecular formula is C23H26N2O3. The van der Waals surface area contributed by atoms with Crippen molar-refractivity contribution in [1.82, 2.24) is 9.80 Å². The molecule has 5 heteroatoms. The highest BCUT2D eigenvalue weighted by Crippen LogP contribution is 2.27. The number of hydrogen-bond donors (Lipinski definition) is 0. The summed E-state index contributed by atoms with van der Waals surface area (Å²) in [5.41, 5.74) is 0.649. The third-order valence-electron chi connectivity index (χ3n) is 5.66. The van der Waals surface area contributed by atoms with Gasteiger partial charge in [0.05, 0.1) is 0 Å². The number of para-hydroxylation sites is 1. The van der Waals surface area contributed by atoms with Crippen LogP contribution in [0.2, 0.25) is 0 Å². The molecule has 0 bridgehead atoms. The van der Waals surface area contributed by atoms with Crippen molar-refractivity contribution in [3.63, 3.8) is 0 Å². The fraction of sp³-hybridized carbons (Fsp3) is 0.391. The van der Waals surface area contributed by atoms with E-state index in [2.05, 4.69) is 0 Å². The Labute approximate surface area is 165 Å². The van der Waals surface area contributed by atoms with E-state index in [1.807, 2.05) is 52.3 Å². The Morgan fingerprint density at radius 2 is 1.32 bits per heavy atom. The van der Waals surface area contributed by atoms with Gasteiger partial charge in [-0.3, -0.25) is 9.59 Å². The minimum atomic E-state index is 0.0132. The highest BCUT2D eigenvalue weighted by Gasteiger charge is 2.30. The molecule has 0 N–H and O–H groups in total. The van der Waals surface area contributed by atoms with Gasteiger partial charge in [0.2, 0.25) is 5.91 Å². The van der Waals surface area contributed by atoms with Crippen LogP contribution >= 0.6 is 0 Å². The highest BCUT2D eigenvalue weighted by atomic mass is 16.5. The maximum Gasteiger partial charge on any atom is 0.253 e. The third-order valence-corrected chi connectivity index (χ3v) is 5.66. The maximum absolute atomic E-state index is 12.8. The molecule has 2 amide bonds. The van der Waals surface area contributed by atoms with Crippen LogP contribution in [0.15, 0.2) is 54.6 Å². The summed E-state index contributed by atoms with van der Waals surface area (Å²) < 4.78 is 5.78. The van der Waals surface area contributed by atoms with Gasteiger partial charge in [-0.05, 0) is 49.2 Å². The molecule has 2 aromatic rings. The van der Waals surface area contributed by atoms with Gasteiger partial charge in [0, 0.05) is 37.7 Å². The molecule has 1 saturated carbocycles. The fourth-order valence-corrected chi connectivity index (χ4v) is 4.03. The maximum atomic E-state index is 12.8. The van der Waals surface area contributed by atoms with E-state index >= 15 is 0 Å². The first-order chi connectivity index (χ1) is 13.7. The van der Waals surface area contributed by atoms with Crippen LogP contribution in [0.25, 0.3) is 0 Å². The average Bonchev–Trinajstić information content (AvgIpc) is 3.29. The van der Waals surface area contributed by atoms with Crippen LogP contribution in [-0.4, -0.2) is 47.8 Å². The van der Waals surface area contributed by atoms with Crippen molar-refractivity contribution in [2.24, 2.45) is 5.92 Å². The van der Waals surface area contributed by atoms with Crippen molar-refractivity contribution in [3.05, 3.63) is 60.2 Å². The number of piperazine rings is 1. The summed E-state index contributed by atoms with van der Waals surface area (Å²) in [6.07, 6.45) is 4.38. The van der Waals surface area contributed by atoms with Crippen LogP contribution < -0.4 is 4.74 Å². The molecule has 28 heavy (non-hydrogen) atoms. The van der Waals surface area contributed by atoms with Crippen molar-refractivity contribution < 1.29 is 14.3 Å². The molecule has 2 aromatic carbocycles. The van der Waals surface area contributed by atoms with Gasteiger partial charge < -0.3 is 14.5 Å². The zero-order valence-corrected chi connectivity index (χ0v) is 16.0. The van der Waals surface area contributed by atoms with Gasteiger partial charge in [0.15, 0.2) is 0 Å². The number of benzene rings is 2. The van der Waals surface area contributed by atoms with Gasteiger partial charge >= 0.3 is 0 Å². The van der Waals surface area contributed by atoms with E-state index in [0.29, 0.717) is 37.5 Å². The molecular weight excluding hydrogens is 352 g/mol. The van der Waals surface area contributed by atoms with Gasteiger partial charge in [0.1, 0.15) is 11.5 Å². The van der Waals surface area contributed by atoms with E-state index in [1.54, 1.807) is 12.1 Å². The first-order valence-electron chi connectivity index (χ1n) is 10.1. The fourth-order valence-electron chi connectivity index (χ4n) is 4.03. The van der Waals surface area contributed by atoms with Gasteiger partial charge in [0.25, 0.3) is 5.91 Å². The number of carbonyl (C=O) groups is 2. The molecule has 0 spiro atoms. The Morgan fingerprint density at radius 3 is 1.96 bits per heavy atom. The zero-order valence-electron chi connectivity index (χ0n) is 16.0. The summed E-state index contributed by atoms with van der Waals surface area (Å²) in [7, 11) is 0. The van der Waals surface area contributed by atoms with E-state index in [0.717, 1.165) is 18.6 Å². The molecule has 1 aliphatic heterocycles. The molecule has 1 saturated heterocycles. The lowest BCUT2D eigenvalue weighted by Gasteiger charge is -2.36. The summed E-state index contributed by atoms with van der Waals surface area (Å²) in [4.78, 5) is 29.1. The largest absolute Gasteiger partial charge is 0.457 e. The lowest BCUT2D eigenvalue weighted by Crippen LogP contribution is -2.51. The minimum absolute atomic E-state index is 0.0132. The molecule has 0 unspecified atom stereocenters. The Hall–Kier alpha value is -2.82. The molecule has 1 aliphatic carbocycles. The molecule has 0 atom stereocenters. The van der Waals surface area contributed by atoms with Crippen molar-refractivity contribution in [3.8, 4) is 11.5 Å². The number of rotatable bonds is 4. The van der Waals surface area contributed by atoms with E-state index in [9.17, 15) is 9.59 Å². The van der Waals surface area contributed by atoms with Crippen LogP contribution in [0.3, 0.4) is 0 Å². The average molecular weight is 378 g/mol. The zero-order chi connectivity index (χ0) is 19.3. The number of amides is 2. The van der Waals surface area contributed by atoms with Crippen molar-refractivity contribution in [1.29, 1.82) is 0 Å². The van der Waals surface area contributed by atoms with Crippen molar-refractivity contribution in [2.75, 3.05) is 26.2 Å². The van der Waals surface area contributed by atoms with Crippen LogP contribution in [0.1, 0.15) is 36.0 Å². The molecule has 5 nitrogen and oxygen atoms in total. The van der Waals surface area contributed by atoms with Crippen LogP contribution in [-0.2, 0) is 4.79 Å². The molecule has 2 fully saturated rings. The lowest BCUT2D eigenvalue weighted by atomic mass is 10.1. The molecule has 1 heterocycles. The van der Waals surface area contributed by atoms with E-state index < -0.39 is 0 Å². The monoisotopic (exact) mass is 378 g/mol.